The first-order chi connectivity index (χ1) is 14.9. The molecule has 5 fully saturated rings. The van der Waals surface area contributed by atoms with Crippen LogP contribution in [0, 0.1) is 30.6 Å². The predicted octanol–water partition coefficient (Wildman–Crippen LogP) is 5.15. The van der Waals surface area contributed by atoms with Gasteiger partial charge in [0.25, 0.3) is 0 Å². The van der Waals surface area contributed by atoms with Crippen molar-refractivity contribution in [2.24, 2.45) is 23.7 Å². The van der Waals surface area contributed by atoms with Crippen molar-refractivity contribution in [3.8, 4) is 0 Å². The van der Waals surface area contributed by atoms with Gasteiger partial charge in [-0.3, -0.25) is 4.79 Å². The fourth-order valence-corrected chi connectivity index (χ4v) is 7.49. The molecule has 4 bridgehead atoms. The molecule has 1 aromatic carbocycles. The van der Waals surface area contributed by atoms with Crippen LogP contribution in [0.15, 0.2) is 24.3 Å². The Labute approximate surface area is 185 Å². The molecule has 168 valence electrons. The second kappa shape index (κ2) is 8.14. The molecule has 0 spiro atoms. The number of hydrogen-bond acceptors (Lipinski definition) is 3. The lowest BCUT2D eigenvalue weighted by Gasteiger charge is -2.45. The van der Waals surface area contributed by atoms with Gasteiger partial charge in [-0.1, -0.05) is 30.7 Å². The highest BCUT2D eigenvalue weighted by molar-refractivity contribution is 5.70. The number of carbonyl (C=O) groups excluding carboxylic acids is 1. The van der Waals surface area contributed by atoms with Crippen molar-refractivity contribution in [1.82, 2.24) is 4.90 Å². The summed E-state index contributed by atoms with van der Waals surface area (Å²) in [7, 11) is 0. The minimum absolute atomic E-state index is 0.0936. The van der Waals surface area contributed by atoms with Gasteiger partial charge in [-0.25, -0.2) is 4.79 Å². The van der Waals surface area contributed by atoms with Gasteiger partial charge in [0.2, 0.25) is 0 Å². The van der Waals surface area contributed by atoms with E-state index >= 15 is 0 Å². The second-order valence-electron chi connectivity index (χ2n) is 10.8. The third-order valence-electron chi connectivity index (χ3n) is 8.87. The summed E-state index contributed by atoms with van der Waals surface area (Å²) in [6.45, 7) is 3.18. The predicted molar refractivity (Wildman–Crippen MR) is 118 cm³/mol. The van der Waals surface area contributed by atoms with Gasteiger partial charge in [-0.15, -0.1) is 0 Å². The summed E-state index contributed by atoms with van der Waals surface area (Å²) < 4.78 is 6.20. The molecule has 31 heavy (non-hydrogen) atoms. The number of carbonyl (C=O) groups is 2. The van der Waals surface area contributed by atoms with Crippen molar-refractivity contribution in [3.63, 3.8) is 0 Å². The zero-order valence-electron chi connectivity index (χ0n) is 18.6. The van der Waals surface area contributed by atoms with Crippen LogP contribution in [-0.2, 0) is 14.9 Å². The molecule has 5 nitrogen and oxygen atoms in total. The van der Waals surface area contributed by atoms with E-state index in [1.807, 2.05) is 17.0 Å². The van der Waals surface area contributed by atoms with Crippen LogP contribution in [0.1, 0.15) is 68.9 Å². The average molecular weight is 426 g/mol. The molecule has 0 aromatic heterocycles. The van der Waals surface area contributed by atoms with Crippen LogP contribution in [0.5, 0.6) is 0 Å². The first-order valence-electron chi connectivity index (χ1n) is 12.2. The Hall–Kier alpha value is -2.04. The number of rotatable bonds is 4. The third kappa shape index (κ3) is 3.96. The number of carboxylic acid groups (broad SMARTS) is 1. The van der Waals surface area contributed by atoms with E-state index < -0.39 is 11.4 Å². The molecule has 1 N–H and O–H groups in total. The van der Waals surface area contributed by atoms with E-state index in [2.05, 4.69) is 19.1 Å². The standard InChI is InChI=1S/C26H35NO4/c1-17-4-2-3-5-22(17)26(16-23(28)29)8-10-27(11-9-26)25(30)31-24-20-7-6-18-12-19(14-20)15-21(24)13-18/h2-5,18-21,24H,6-16H2,1H3,(H,28,29). The number of benzene rings is 1. The first kappa shape index (κ1) is 20.8. The van der Waals surface area contributed by atoms with Gasteiger partial charge in [0.05, 0.1) is 6.42 Å². The van der Waals surface area contributed by atoms with Gasteiger partial charge >= 0.3 is 12.1 Å². The van der Waals surface area contributed by atoms with E-state index in [1.165, 1.54) is 38.5 Å². The number of aryl methyl sites for hydroxylation is 1. The van der Waals surface area contributed by atoms with Crippen molar-refractivity contribution in [2.75, 3.05) is 13.1 Å². The highest BCUT2D eigenvalue weighted by Crippen LogP contribution is 2.52. The molecular weight excluding hydrogens is 390 g/mol. The number of amides is 1. The molecule has 0 radical (unpaired) electrons. The second-order valence-corrected chi connectivity index (χ2v) is 10.8. The summed E-state index contributed by atoms with van der Waals surface area (Å²) in [5, 5.41) is 9.61. The number of fused-ring (bicyclic) bond motifs is 1. The van der Waals surface area contributed by atoms with Crippen LogP contribution in [-0.4, -0.2) is 41.3 Å². The Morgan fingerprint density at radius 1 is 1.03 bits per heavy atom. The summed E-state index contributed by atoms with van der Waals surface area (Å²) in [6.07, 6.45) is 8.98. The number of likely N-dealkylation sites (tertiary alicyclic amines) is 1. The molecule has 1 amide bonds. The lowest BCUT2D eigenvalue weighted by Crippen LogP contribution is -2.49. The van der Waals surface area contributed by atoms with Crippen molar-refractivity contribution in [2.45, 2.75) is 76.2 Å². The highest BCUT2D eigenvalue weighted by Gasteiger charge is 2.48. The molecule has 1 aromatic rings. The lowest BCUT2D eigenvalue weighted by atomic mass is 9.66. The van der Waals surface area contributed by atoms with Crippen molar-refractivity contribution in [3.05, 3.63) is 35.4 Å². The maximum atomic E-state index is 13.1. The normalized spacial score (nSPS) is 33.7. The van der Waals surface area contributed by atoms with E-state index in [0.717, 1.165) is 23.0 Å². The number of aliphatic carboxylic acids is 1. The summed E-state index contributed by atoms with van der Waals surface area (Å²) >= 11 is 0. The topological polar surface area (TPSA) is 66.8 Å². The summed E-state index contributed by atoms with van der Waals surface area (Å²) in [5.74, 6) is 2.02. The minimum Gasteiger partial charge on any atom is -0.481 e. The molecule has 5 heteroatoms. The molecule has 5 atom stereocenters. The molecule has 5 unspecified atom stereocenters. The van der Waals surface area contributed by atoms with E-state index in [-0.39, 0.29) is 18.6 Å². The van der Waals surface area contributed by atoms with Gasteiger partial charge in [-0.2, -0.15) is 0 Å². The molecule has 4 aliphatic carbocycles. The van der Waals surface area contributed by atoms with E-state index in [1.54, 1.807) is 0 Å². The van der Waals surface area contributed by atoms with Gasteiger partial charge in [-0.05, 0) is 86.7 Å². The number of ether oxygens (including phenoxy) is 1. The Balaban J connectivity index is 1.27. The van der Waals surface area contributed by atoms with Crippen LogP contribution in [0.2, 0.25) is 0 Å². The molecular formula is C26H35NO4. The molecule has 1 saturated heterocycles. The molecule has 4 saturated carbocycles. The number of piperidine rings is 1. The van der Waals surface area contributed by atoms with Crippen LogP contribution in [0.4, 0.5) is 4.79 Å². The van der Waals surface area contributed by atoms with Gasteiger partial charge in [0, 0.05) is 18.5 Å². The SMILES string of the molecule is Cc1ccccc1C1(CC(=O)O)CCN(C(=O)OC2C3CCC4CC(C3)CC2C4)CC1. The maximum absolute atomic E-state index is 13.1. The van der Waals surface area contributed by atoms with Crippen molar-refractivity contribution in [1.29, 1.82) is 0 Å². The third-order valence-corrected chi connectivity index (χ3v) is 8.87. The lowest BCUT2D eigenvalue weighted by molar-refractivity contribution is -0.139. The summed E-state index contributed by atoms with van der Waals surface area (Å²) in [4.78, 5) is 26.7. The Bertz CT molecular complexity index is 836. The monoisotopic (exact) mass is 425 g/mol. The smallest absolute Gasteiger partial charge is 0.410 e. The summed E-state index contributed by atoms with van der Waals surface area (Å²) in [6, 6.07) is 8.09. The van der Waals surface area contributed by atoms with Crippen LogP contribution < -0.4 is 0 Å². The van der Waals surface area contributed by atoms with Crippen molar-refractivity contribution >= 4 is 12.1 Å². The Morgan fingerprint density at radius 3 is 2.48 bits per heavy atom. The fourth-order valence-electron chi connectivity index (χ4n) is 7.49. The number of carboxylic acids is 1. The molecule has 5 aliphatic rings. The highest BCUT2D eigenvalue weighted by atomic mass is 16.6. The van der Waals surface area contributed by atoms with E-state index in [4.69, 9.17) is 4.74 Å². The molecule has 1 heterocycles. The first-order valence-corrected chi connectivity index (χ1v) is 12.2. The van der Waals surface area contributed by atoms with E-state index in [0.29, 0.717) is 37.8 Å². The Morgan fingerprint density at radius 2 is 1.74 bits per heavy atom. The van der Waals surface area contributed by atoms with Crippen LogP contribution in [0.25, 0.3) is 0 Å². The number of hydrogen-bond donors (Lipinski definition) is 1. The molecule has 6 rings (SSSR count). The summed E-state index contributed by atoms with van der Waals surface area (Å²) in [5.41, 5.74) is 1.83. The zero-order chi connectivity index (χ0) is 21.6. The zero-order valence-corrected chi connectivity index (χ0v) is 18.6. The van der Waals surface area contributed by atoms with Gasteiger partial charge < -0.3 is 14.7 Å². The minimum atomic E-state index is -0.774. The quantitative estimate of drug-likeness (QED) is 0.724. The van der Waals surface area contributed by atoms with Crippen molar-refractivity contribution < 1.29 is 19.4 Å². The van der Waals surface area contributed by atoms with E-state index in [9.17, 15) is 14.7 Å². The average Bonchev–Trinajstić information content (AvgIpc) is 2.95. The maximum Gasteiger partial charge on any atom is 0.410 e. The van der Waals surface area contributed by atoms with Crippen LogP contribution >= 0.6 is 0 Å². The van der Waals surface area contributed by atoms with Gasteiger partial charge in [0.1, 0.15) is 6.10 Å². The van der Waals surface area contributed by atoms with Crippen LogP contribution in [0.3, 0.4) is 0 Å². The number of nitrogens with zero attached hydrogens (tertiary/aromatic N) is 1. The fraction of sp³-hybridized carbons (Fsp3) is 0.692. The Kier molecular flexibility index (Phi) is 5.47. The molecule has 1 aliphatic heterocycles. The van der Waals surface area contributed by atoms with Gasteiger partial charge in [0.15, 0.2) is 0 Å². The largest absolute Gasteiger partial charge is 0.481 e.